The van der Waals surface area contributed by atoms with Gasteiger partial charge < -0.3 is 15.8 Å². The molecular weight excluding hydrogens is 252 g/mol. The molecule has 1 heterocycles. The fourth-order valence-electron chi connectivity index (χ4n) is 3.49. The first-order valence-electron chi connectivity index (χ1n) is 8.18. The van der Waals surface area contributed by atoms with E-state index in [1.54, 1.807) is 0 Å². The zero-order chi connectivity index (χ0) is 13.8. The number of morpholine rings is 1. The van der Waals surface area contributed by atoms with E-state index in [4.69, 9.17) is 10.5 Å². The van der Waals surface area contributed by atoms with E-state index in [9.17, 15) is 0 Å². The van der Waals surface area contributed by atoms with Gasteiger partial charge in [-0.1, -0.05) is 19.3 Å². The second-order valence-electron chi connectivity index (χ2n) is 6.50. The molecule has 0 aromatic heterocycles. The van der Waals surface area contributed by atoms with E-state index in [1.807, 2.05) is 0 Å². The fraction of sp³-hybridized carbons (Fsp3) is 0.933. The number of nitrogens with one attached hydrogen (secondary N) is 1. The van der Waals surface area contributed by atoms with Crippen LogP contribution < -0.4 is 11.1 Å². The summed E-state index contributed by atoms with van der Waals surface area (Å²) in [4.78, 5) is 7.18. The minimum atomic E-state index is 0.294. The van der Waals surface area contributed by atoms with Crippen molar-refractivity contribution in [3.05, 3.63) is 0 Å². The van der Waals surface area contributed by atoms with E-state index >= 15 is 0 Å². The molecule has 3 rings (SSSR count). The molecule has 0 bridgehead atoms. The molecule has 114 valence electrons. The molecule has 0 spiro atoms. The Morgan fingerprint density at radius 3 is 2.55 bits per heavy atom. The number of nitrogens with two attached hydrogens (primary N) is 1. The van der Waals surface area contributed by atoms with Gasteiger partial charge in [-0.3, -0.25) is 9.89 Å². The SMILES string of the molecule is NC(=NCC1(N2CCOCC2)CC1)NC1CCCCC1. The third-order valence-electron chi connectivity index (χ3n) is 5.01. The molecule has 2 saturated carbocycles. The molecule has 1 saturated heterocycles. The van der Waals surface area contributed by atoms with Crippen molar-refractivity contribution in [2.45, 2.75) is 56.5 Å². The highest BCUT2D eigenvalue weighted by Gasteiger charge is 2.48. The average Bonchev–Trinajstić information content (AvgIpc) is 3.28. The third-order valence-corrected chi connectivity index (χ3v) is 5.01. The Hall–Kier alpha value is -0.810. The molecule has 0 unspecified atom stereocenters. The van der Waals surface area contributed by atoms with Gasteiger partial charge in [0.1, 0.15) is 0 Å². The van der Waals surface area contributed by atoms with Crippen molar-refractivity contribution >= 4 is 5.96 Å². The summed E-state index contributed by atoms with van der Waals surface area (Å²) in [7, 11) is 0. The molecule has 2 aliphatic carbocycles. The van der Waals surface area contributed by atoms with Gasteiger partial charge in [-0.05, 0) is 25.7 Å². The summed E-state index contributed by atoms with van der Waals surface area (Å²) in [6, 6.07) is 0.547. The van der Waals surface area contributed by atoms with E-state index in [0.29, 0.717) is 17.5 Å². The molecule has 3 aliphatic rings. The summed E-state index contributed by atoms with van der Waals surface area (Å²) in [6.45, 7) is 4.66. The van der Waals surface area contributed by atoms with Crippen LogP contribution in [0.2, 0.25) is 0 Å². The lowest BCUT2D eigenvalue weighted by atomic mass is 9.96. The minimum absolute atomic E-state index is 0.294. The van der Waals surface area contributed by atoms with Gasteiger partial charge in [-0.2, -0.15) is 0 Å². The standard InChI is InChI=1S/C15H28N4O/c16-14(18-13-4-2-1-3-5-13)17-12-15(6-7-15)19-8-10-20-11-9-19/h13H,1-12H2,(H3,16,17,18). The zero-order valence-corrected chi connectivity index (χ0v) is 12.4. The summed E-state index contributed by atoms with van der Waals surface area (Å²) >= 11 is 0. The predicted octanol–water partition coefficient (Wildman–Crippen LogP) is 1.09. The van der Waals surface area contributed by atoms with Crippen LogP contribution in [-0.2, 0) is 4.74 Å². The van der Waals surface area contributed by atoms with Crippen LogP contribution in [0.1, 0.15) is 44.9 Å². The van der Waals surface area contributed by atoms with Crippen LogP contribution >= 0.6 is 0 Å². The number of aliphatic imine (C=N–C) groups is 1. The number of guanidine groups is 1. The number of hydrogen-bond acceptors (Lipinski definition) is 3. The number of hydrogen-bond donors (Lipinski definition) is 2. The van der Waals surface area contributed by atoms with Crippen molar-refractivity contribution in [2.24, 2.45) is 10.7 Å². The Morgan fingerprint density at radius 2 is 1.90 bits per heavy atom. The molecule has 0 atom stereocenters. The minimum Gasteiger partial charge on any atom is -0.379 e. The zero-order valence-electron chi connectivity index (χ0n) is 12.4. The molecule has 5 heteroatoms. The van der Waals surface area contributed by atoms with E-state index in [-0.39, 0.29) is 0 Å². The fourth-order valence-corrected chi connectivity index (χ4v) is 3.49. The van der Waals surface area contributed by atoms with Gasteiger partial charge in [0, 0.05) is 24.7 Å². The highest BCUT2D eigenvalue weighted by Crippen LogP contribution is 2.42. The quantitative estimate of drug-likeness (QED) is 0.598. The van der Waals surface area contributed by atoms with Crippen LogP contribution in [0.15, 0.2) is 4.99 Å². The van der Waals surface area contributed by atoms with Crippen molar-refractivity contribution < 1.29 is 4.74 Å². The van der Waals surface area contributed by atoms with Gasteiger partial charge in [-0.25, -0.2) is 0 Å². The molecule has 20 heavy (non-hydrogen) atoms. The van der Waals surface area contributed by atoms with Gasteiger partial charge in [-0.15, -0.1) is 0 Å². The lowest BCUT2D eigenvalue weighted by Crippen LogP contribution is -2.47. The Morgan fingerprint density at radius 1 is 1.20 bits per heavy atom. The molecular formula is C15H28N4O. The lowest BCUT2D eigenvalue weighted by Gasteiger charge is -2.34. The number of ether oxygens (including phenoxy) is 1. The molecule has 3 N–H and O–H groups in total. The van der Waals surface area contributed by atoms with Crippen LogP contribution in [0.5, 0.6) is 0 Å². The summed E-state index contributed by atoms with van der Waals surface area (Å²) < 4.78 is 5.43. The Labute approximate surface area is 121 Å². The predicted molar refractivity (Wildman–Crippen MR) is 80.9 cm³/mol. The van der Waals surface area contributed by atoms with Gasteiger partial charge in [0.15, 0.2) is 5.96 Å². The molecule has 5 nitrogen and oxygen atoms in total. The maximum atomic E-state index is 6.06. The Kier molecular flexibility index (Phi) is 4.46. The molecule has 0 amide bonds. The lowest BCUT2D eigenvalue weighted by molar-refractivity contribution is 0.0117. The highest BCUT2D eigenvalue weighted by molar-refractivity contribution is 5.78. The van der Waals surface area contributed by atoms with Crippen molar-refractivity contribution in [1.82, 2.24) is 10.2 Å². The van der Waals surface area contributed by atoms with E-state index in [0.717, 1.165) is 32.8 Å². The van der Waals surface area contributed by atoms with Gasteiger partial charge in [0.2, 0.25) is 0 Å². The summed E-state index contributed by atoms with van der Waals surface area (Å²) in [6.07, 6.45) is 9.01. The molecule has 0 radical (unpaired) electrons. The molecule has 1 aliphatic heterocycles. The monoisotopic (exact) mass is 280 g/mol. The molecule has 0 aromatic carbocycles. The summed E-state index contributed by atoms with van der Waals surface area (Å²) in [5.74, 6) is 0.649. The topological polar surface area (TPSA) is 62.9 Å². The van der Waals surface area contributed by atoms with Crippen molar-refractivity contribution in [3.63, 3.8) is 0 Å². The molecule has 0 aromatic rings. The first-order valence-corrected chi connectivity index (χ1v) is 8.18. The Bertz CT molecular complexity index is 342. The van der Waals surface area contributed by atoms with Crippen LogP contribution in [0.4, 0.5) is 0 Å². The summed E-state index contributed by atoms with van der Waals surface area (Å²) in [5.41, 5.74) is 6.36. The number of rotatable bonds is 4. The van der Waals surface area contributed by atoms with Gasteiger partial charge in [0.05, 0.1) is 19.8 Å². The number of nitrogens with zero attached hydrogens (tertiary/aromatic N) is 2. The largest absolute Gasteiger partial charge is 0.379 e. The van der Waals surface area contributed by atoms with Crippen LogP contribution in [-0.4, -0.2) is 55.3 Å². The first kappa shape index (κ1) is 14.1. The Balaban J connectivity index is 1.48. The van der Waals surface area contributed by atoms with Crippen molar-refractivity contribution in [1.29, 1.82) is 0 Å². The first-order chi connectivity index (χ1) is 9.78. The molecule has 3 fully saturated rings. The van der Waals surface area contributed by atoms with Crippen LogP contribution in [0.3, 0.4) is 0 Å². The highest BCUT2D eigenvalue weighted by atomic mass is 16.5. The van der Waals surface area contributed by atoms with E-state index in [2.05, 4.69) is 15.2 Å². The van der Waals surface area contributed by atoms with Crippen LogP contribution in [0, 0.1) is 0 Å². The van der Waals surface area contributed by atoms with Gasteiger partial charge in [0.25, 0.3) is 0 Å². The van der Waals surface area contributed by atoms with Crippen LogP contribution in [0.25, 0.3) is 0 Å². The second-order valence-corrected chi connectivity index (χ2v) is 6.50. The smallest absolute Gasteiger partial charge is 0.188 e. The van der Waals surface area contributed by atoms with Crippen molar-refractivity contribution in [3.8, 4) is 0 Å². The van der Waals surface area contributed by atoms with Gasteiger partial charge >= 0.3 is 0 Å². The maximum absolute atomic E-state index is 6.06. The van der Waals surface area contributed by atoms with E-state index < -0.39 is 0 Å². The van der Waals surface area contributed by atoms with E-state index in [1.165, 1.54) is 44.9 Å². The summed E-state index contributed by atoms with van der Waals surface area (Å²) in [5, 5.41) is 3.41. The maximum Gasteiger partial charge on any atom is 0.188 e. The normalized spacial score (nSPS) is 28.3. The third kappa shape index (κ3) is 3.44. The second kappa shape index (κ2) is 6.31. The average molecular weight is 280 g/mol. The van der Waals surface area contributed by atoms with Crippen molar-refractivity contribution in [2.75, 3.05) is 32.8 Å².